The van der Waals surface area contributed by atoms with Crippen molar-refractivity contribution in [2.24, 2.45) is 0 Å². The normalized spacial score (nSPS) is 15.4. The molecule has 1 aliphatic heterocycles. The number of hydrogen-bond donors (Lipinski definition) is 1. The summed E-state index contributed by atoms with van der Waals surface area (Å²) < 4.78 is 13.2. The summed E-state index contributed by atoms with van der Waals surface area (Å²) >= 11 is 5.78. The molecular formula is C17H18ClFN4O. The number of piperazine rings is 1. The van der Waals surface area contributed by atoms with Crippen LogP contribution >= 0.6 is 11.6 Å². The summed E-state index contributed by atoms with van der Waals surface area (Å²) in [6.45, 7) is 3.11. The minimum atomic E-state index is -0.470. The molecule has 0 atom stereocenters. The predicted molar refractivity (Wildman–Crippen MR) is 92.3 cm³/mol. The fraction of sp³-hybridized carbons (Fsp3) is 0.294. The van der Waals surface area contributed by atoms with E-state index in [-0.39, 0.29) is 10.9 Å². The predicted octanol–water partition coefficient (Wildman–Crippen LogP) is 3.01. The molecule has 1 saturated heterocycles. The molecule has 2 heterocycles. The van der Waals surface area contributed by atoms with Crippen molar-refractivity contribution in [1.82, 2.24) is 14.8 Å². The molecule has 1 amide bonds. The van der Waals surface area contributed by atoms with Crippen molar-refractivity contribution in [3.63, 3.8) is 0 Å². The third kappa shape index (κ3) is 3.83. The van der Waals surface area contributed by atoms with Crippen molar-refractivity contribution in [2.45, 2.75) is 0 Å². The van der Waals surface area contributed by atoms with Crippen LogP contribution < -0.4 is 5.32 Å². The fourth-order valence-electron chi connectivity index (χ4n) is 2.54. The Kier molecular flexibility index (Phi) is 4.97. The van der Waals surface area contributed by atoms with Crippen LogP contribution in [0.3, 0.4) is 0 Å². The number of benzene rings is 1. The van der Waals surface area contributed by atoms with Crippen molar-refractivity contribution in [2.75, 3.05) is 38.5 Å². The van der Waals surface area contributed by atoms with E-state index in [0.717, 1.165) is 13.1 Å². The number of halogens is 2. The Bertz CT molecular complexity index is 747. The van der Waals surface area contributed by atoms with Crippen LogP contribution in [0, 0.1) is 5.82 Å². The molecule has 1 aromatic heterocycles. The summed E-state index contributed by atoms with van der Waals surface area (Å²) in [5.74, 6) is -0.549. The molecule has 3 rings (SSSR count). The van der Waals surface area contributed by atoms with E-state index in [1.165, 1.54) is 12.1 Å². The Hall–Kier alpha value is -2.18. The minimum Gasteiger partial charge on any atom is -0.355 e. The van der Waals surface area contributed by atoms with E-state index in [4.69, 9.17) is 11.6 Å². The first kappa shape index (κ1) is 16.7. The maximum atomic E-state index is 13.2. The van der Waals surface area contributed by atoms with E-state index in [1.807, 2.05) is 7.05 Å². The molecule has 1 aliphatic rings. The number of likely N-dealkylation sites (N-methyl/N-ethyl adjacent to an activating group) is 1. The highest BCUT2D eigenvalue weighted by Crippen LogP contribution is 2.23. The molecule has 0 spiro atoms. The van der Waals surface area contributed by atoms with Crippen LogP contribution in [0.15, 0.2) is 36.5 Å². The van der Waals surface area contributed by atoms with Gasteiger partial charge in [-0.1, -0.05) is 11.6 Å². The number of nitrogens with one attached hydrogen (secondary N) is 1. The molecule has 2 aromatic rings. The first-order valence-electron chi connectivity index (χ1n) is 7.69. The van der Waals surface area contributed by atoms with Gasteiger partial charge in [-0.15, -0.1) is 0 Å². The molecule has 24 heavy (non-hydrogen) atoms. The first-order valence-corrected chi connectivity index (χ1v) is 8.06. The van der Waals surface area contributed by atoms with Gasteiger partial charge in [0.05, 0.1) is 5.02 Å². The van der Waals surface area contributed by atoms with Crippen LogP contribution in [0.2, 0.25) is 5.02 Å². The first-order chi connectivity index (χ1) is 11.5. The lowest BCUT2D eigenvalue weighted by Gasteiger charge is -2.32. The number of carbonyl (C=O) groups excluding carboxylic acids is 1. The van der Waals surface area contributed by atoms with Crippen molar-refractivity contribution in [1.29, 1.82) is 0 Å². The minimum absolute atomic E-state index is 0.0443. The SMILES string of the molecule is CN1CCN(C(=O)c2cc(Nc3ccc(F)c(Cl)c3)ccn2)CC1. The molecule has 0 unspecified atom stereocenters. The highest BCUT2D eigenvalue weighted by atomic mass is 35.5. The van der Waals surface area contributed by atoms with E-state index in [1.54, 1.807) is 29.3 Å². The molecule has 5 nitrogen and oxygen atoms in total. The number of nitrogens with zero attached hydrogens (tertiary/aromatic N) is 3. The van der Waals surface area contributed by atoms with Crippen LogP contribution in [0.1, 0.15) is 10.5 Å². The molecular weight excluding hydrogens is 331 g/mol. The second-order valence-corrected chi connectivity index (χ2v) is 6.19. The number of aromatic nitrogens is 1. The molecule has 0 saturated carbocycles. The summed E-state index contributed by atoms with van der Waals surface area (Å²) in [4.78, 5) is 20.7. The Morgan fingerprint density at radius 1 is 1.17 bits per heavy atom. The van der Waals surface area contributed by atoms with Gasteiger partial charge in [0.25, 0.3) is 5.91 Å². The van der Waals surface area contributed by atoms with E-state index >= 15 is 0 Å². The highest BCUT2D eigenvalue weighted by Gasteiger charge is 2.21. The quantitative estimate of drug-likeness (QED) is 0.926. The lowest BCUT2D eigenvalue weighted by atomic mass is 10.2. The van der Waals surface area contributed by atoms with E-state index in [9.17, 15) is 9.18 Å². The monoisotopic (exact) mass is 348 g/mol. The smallest absolute Gasteiger partial charge is 0.272 e. The van der Waals surface area contributed by atoms with Crippen LogP contribution in [0.5, 0.6) is 0 Å². The van der Waals surface area contributed by atoms with Crippen LogP contribution in [0.4, 0.5) is 15.8 Å². The van der Waals surface area contributed by atoms with Gasteiger partial charge in [0.15, 0.2) is 0 Å². The summed E-state index contributed by atoms with van der Waals surface area (Å²) in [5, 5.41) is 3.15. The molecule has 0 radical (unpaired) electrons. The van der Waals surface area contributed by atoms with Crippen molar-refractivity contribution in [3.05, 3.63) is 53.1 Å². The zero-order valence-electron chi connectivity index (χ0n) is 13.3. The van der Waals surface area contributed by atoms with Gasteiger partial charge in [0.2, 0.25) is 0 Å². The zero-order chi connectivity index (χ0) is 17.1. The maximum Gasteiger partial charge on any atom is 0.272 e. The maximum absolute atomic E-state index is 13.2. The Morgan fingerprint density at radius 3 is 2.58 bits per heavy atom. The van der Waals surface area contributed by atoms with E-state index < -0.39 is 5.82 Å². The zero-order valence-corrected chi connectivity index (χ0v) is 14.1. The summed E-state index contributed by atoms with van der Waals surface area (Å²) in [6.07, 6.45) is 1.58. The van der Waals surface area contributed by atoms with Gasteiger partial charge in [-0.2, -0.15) is 0 Å². The Labute approximate surface area is 145 Å². The lowest BCUT2D eigenvalue weighted by molar-refractivity contribution is 0.0658. The highest BCUT2D eigenvalue weighted by molar-refractivity contribution is 6.31. The standard InChI is InChI=1S/C17H18ClFN4O/c1-22-6-8-23(9-7-22)17(24)16-11-13(4-5-20-16)21-12-2-3-15(19)14(18)10-12/h2-5,10-11H,6-9H2,1H3,(H,20,21). The average Bonchev–Trinajstić information content (AvgIpc) is 2.58. The van der Waals surface area contributed by atoms with Crippen molar-refractivity contribution in [3.8, 4) is 0 Å². The summed E-state index contributed by atoms with van der Waals surface area (Å²) in [6, 6.07) is 7.82. The third-order valence-corrected chi connectivity index (χ3v) is 4.27. The van der Waals surface area contributed by atoms with Gasteiger partial charge < -0.3 is 15.1 Å². The van der Waals surface area contributed by atoms with Crippen molar-refractivity contribution < 1.29 is 9.18 Å². The van der Waals surface area contributed by atoms with Gasteiger partial charge in [0, 0.05) is 43.8 Å². The average molecular weight is 349 g/mol. The second kappa shape index (κ2) is 7.15. The topological polar surface area (TPSA) is 48.5 Å². The van der Waals surface area contributed by atoms with Gasteiger partial charge >= 0.3 is 0 Å². The Morgan fingerprint density at radius 2 is 1.88 bits per heavy atom. The van der Waals surface area contributed by atoms with Crippen LogP contribution in [0.25, 0.3) is 0 Å². The molecule has 7 heteroatoms. The van der Waals surface area contributed by atoms with Gasteiger partial charge in [-0.3, -0.25) is 9.78 Å². The third-order valence-electron chi connectivity index (χ3n) is 3.98. The van der Waals surface area contributed by atoms with Gasteiger partial charge in [-0.05, 0) is 37.4 Å². The molecule has 1 N–H and O–H groups in total. The number of rotatable bonds is 3. The van der Waals surface area contributed by atoms with Gasteiger partial charge in [-0.25, -0.2) is 4.39 Å². The summed E-state index contributed by atoms with van der Waals surface area (Å²) in [5.41, 5.74) is 1.73. The van der Waals surface area contributed by atoms with Gasteiger partial charge in [0.1, 0.15) is 11.5 Å². The molecule has 126 valence electrons. The number of anilines is 2. The van der Waals surface area contributed by atoms with Crippen LogP contribution in [-0.2, 0) is 0 Å². The van der Waals surface area contributed by atoms with Crippen molar-refractivity contribution >= 4 is 28.9 Å². The second-order valence-electron chi connectivity index (χ2n) is 5.78. The van der Waals surface area contributed by atoms with E-state index in [2.05, 4.69) is 15.2 Å². The molecule has 1 aromatic carbocycles. The summed E-state index contributed by atoms with van der Waals surface area (Å²) in [7, 11) is 2.04. The van der Waals surface area contributed by atoms with E-state index in [0.29, 0.717) is 30.2 Å². The molecule has 0 aliphatic carbocycles. The van der Waals surface area contributed by atoms with Crippen LogP contribution in [-0.4, -0.2) is 53.9 Å². The number of pyridine rings is 1. The molecule has 1 fully saturated rings. The fourth-order valence-corrected chi connectivity index (χ4v) is 2.72. The number of carbonyl (C=O) groups is 1. The lowest BCUT2D eigenvalue weighted by Crippen LogP contribution is -2.47. The molecule has 0 bridgehead atoms. The number of amides is 1. The Balaban J connectivity index is 1.73. The largest absolute Gasteiger partial charge is 0.355 e. The number of hydrogen-bond acceptors (Lipinski definition) is 4.